The fourth-order valence-corrected chi connectivity index (χ4v) is 2.05. The molecular formula is C10H7BrIN. The van der Waals surface area contributed by atoms with Crippen LogP contribution in [-0.4, -0.2) is 4.98 Å². The number of aryl methyl sites for hydroxylation is 1. The molecule has 0 fully saturated rings. The Morgan fingerprint density at radius 3 is 2.85 bits per heavy atom. The largest absolute Gasteiger partial charge is 0.252 e. The van der Waals surface area contributed by atoms with Crippen molar-refractivity contribution < 1.29 is 0 Å². The van der Waals surface area contributed by atoms with Gasteiger partial charge < -0.3 is 0 Å². The van der Waals surface area contributed by atoms with Crippen molar-refractivity contribution in [2.75, 3.05) is 0 Å². The van der Waals surface area contributed by atoms with E-state index >= 15 is 0 Å². The summed E-state index contributed by atoms with van der Waals surface area (Å²) in [5.74, 6) is 0. The van der Waals surface area contributed by atoms with Crippen LogP contribution in [0.15, 0.2) is 28.7 Å². The van der Waals surface area contributed by atoms with Crippen molar-refractivity contribution in [3.63, 3.8) is 0 Å². The van der Waals surface area contributed by atoms with Crippen LogP contribution in [-0.2, 0) is 0 Å². The van der Waals surface area contributed by atoms with Crippen molar-refractivity contribution in [3.05, 3.63) is 38.0 Å². The number of aromatic nitrogens is 1. The van der Waals surface area contributed by atoms with Gasteiger partial charge in [-0.25, -0.2) is 0 Å². The van der Waals surface area contributed by atoms with E-state index in [4.69, 9.17) is 0 Å². The SMILES string of the molecule is Cc1nc2ccc(Br)cc2cc1I. The summed E-state index contributed by atoms with van der Waals surface area (Å²) in [6, 6.07) is 8.29. The van der Waals surface area contributed by atoms with Gasteiger partial charge in [-0.15, -0.1) is 0 Å². The summed E-state index contributed by atoms with van der Waals surface area (Å²) >= 11 is 5.75. The zero-order chi connectivity index (χ0) is 9.42. The number of benzene rings is 1. The zero-order valence-corrected chi connectivity index (χ0v) is 10.8. The molecule has 0 atom stereocenters. The molecule has 66 valence electrons. The molecule has 2 rings (SSSR count). The lowest BCUT2D eigenvalue weighted by Gasteiger charge is -2.01. The van der Waals surface area contributed by atoms with Crippen LogP contribution in [0.1, 0.15) is 5.69 Å². The number of hydrogen-bond acceptors (Lipinski definition) is 1. The molecule has 1 aromatic heterocycles. The highest BCUT2D eigenvalue weighted by Gasteiger charge is 2.00. The molecule has 0 unspecified atom stereocenters. The molecule has 0 aliphatic carbocycles. The van der Waals surface area contributed by atoms with Crippen LogP contribution in [0.25, 0.3) is 10.9 Å². The Labute approximate surface area is 98.8 Å². The van der Waals surface area contributed by atoms with Crippen LogP contribution in [0.2, 0.25) is 0 Å². The Balaban J connectivity index is 2.81. The van der Waals surface area contributed by atoms with E-state index < -0.39 is 0 Å². The van der Waals surface area contributed by atoms with Crippen LogP contribution >= 0.6 is 38.5 Å². The Bertz CT molecular complexity index is 468. The molecule has 0 radical (unpaired) electrons. The normalized spacial score (nSPS) is 10.7. The number of nitrogens with zero attached hydrogens (tertiary/aromatic N) is 1. The number of hydrogen-bond donors (Lipinski definition) is 0. The molecule has 0 N–H and O–H groups in total. The number of fused-ring (bicyclic) bond motifs is 1. The quantitative estimate of drug-likeness (QED) is 0.658. The zero-order valence-electron chi connectivity index (χ0n) is 7.01. The summed E-state index contributed by atoms with van der Waals surface area (Å²) in [5, 5.41) is 1.18. The van der Waals surface area contributed by atoms with Crippen molar-refractivity contribution in [3.8, 4) is 0 Å². The number of rotatable bonds is 0. The third-order valence-corrected chi connectivity index (χ3v) is 3.49. The van der Waals surface area contributed by atoms with E-state index in [-0.39, 0.29) is 0 Å². The summed E-state index contributed by atoms with van der Waals surface area (Å²) in [5.41, 5.74) is 2.15. The van der Waals surface area contributed by atoms with Crippen molar-refractivity contribution in [1.29, 1.82) is 0 Å². The maximum atomic E-state index is 4.49. The van der Waals surface area contributed by atoms with E-state index in [1.54, 1.807) is 0 Å². The molecule has 0 aliphatic heterocycles. The van der Waals surface area contributed by atoms with Gasteiger partial charge in [-0.05, 0) is 53.8 Å². The van der Waals surface area contributed by atoms with Crippen LogP contribution in [0, 0.1) is 10.5 Å². The molecule has 1 aromatic carbocycles. The molecule has 0 aliphatic rings. The highest BCUT2D eigenvalue weighted by atomic mass is 127. The average Bonchev–Trinajstić information content (AvgIpc) is 2.08. The first-order valence-electron chi connectivity index (χ1n) is 3.89. The van der Waals surface area contributed by atoms with E-state index in [2.05, 4.69) is 55.6 Å². The first kappa shape index (κ1) is 9.40. The van der Waals surface area contributed by atoms with Crippen molar-refractivity contribution in [2.45, 2.75) is 6.92 Å². The van der Waals surface area contributed by atoms with Crippen LogP contribution in [0.5, 0.6) is 0 Å². The first-order chi connectivity index (χ1) is 6.16. The van der Waals surface area contributed by atoms with Gasteiger partial charge in [0.15, 0.2) is 0 Å². The molecule has 0 bridgehead atoms. The minimum Gasteiger partial charge on any atom is -0.252 e. The minimum absolute atomic E-state index is 1.06. The standard InChI is InChI=1S/C10H7BrIN/c1-6-9(12)5-7-4-8(11)2-3-10(7)13-6/h2-5H,1H3. The van der Waals surface area contributed by atoms with Crippen molar-refractivity contribution in [1.82, 2.24) is 4.98 Å². The molecule has 3 heteroatoms. The summed E-state index contributed by atoms with van der Waals surface area (Å²) in [6.45, 7) is 2.03. The van der Waals surface area contributed by atoms with E-state index in [1.807, 2.05) is 19.1 Å². The monoisotopic (exact) mass is 347 g/mol. The summed E-state index contributed by atoms with van der Waals surface area (Å²) in [7, 11) is 0. The topological polar surface area (TPSA) is 12.9 Å². The lowest BCUT2D eigenvalue weighted by atomic mass is 10.2. The lowest BCUT2D eigenvalue weighted by molar-refractivity contribution is 1.23. The van der Waals surface area contributed by atoms with Crippen LogP contribution in [0.3, 0.4) is 0 Å². The second-order valence-electron chi connectivity index (χ2n) is 2.89. The third kappa shape index (κ3) is 1.86. The van der Waals surface area contributed by atoms with Gasteiger partial charge in [-0.2, -0.15) is 0 Å². The van der Waals surface area contributed by atoms with Crippen molar-refractivity contribution >= 4 is 49.4 Å². The average molecular weight is 348 g/mol. The summed E-state index contributed by atoms with van der Waals surface area (Å²) < 4.78 is 2.31. The van der Waals surface area contributed by atoms with E-state index in [0.29, 0.717) is 0 Å². The van der Waals surface area contributed by atoms with Gasteiger partial charge in [0, 0.05) is 13.4 Å². The second-order valence-corrected chi connectivity index (χ2v) is 4.97. The Kier molecular flexibility index (Phi) is 2.55. The highest BCUT2D eigenvalue weighted by molar-refractivity contribution is 14.1. The number of pyridine rings is 1. The van der Waals surface area contributed by atoms with Gasteiger partial charge in [0.1, 0.15) is 0 Å². The fourth-order valence-electron chi connectivity index (χ4n) is 1.22. The molecule has 0 saturated heterocycles. The number of halogens is 2. The smallest absolute Gasteiger partial charge is 0.0706 e. The predicted molar refractivity (Wildman–Crippen MR) is 66.9 cm³/mol. The minimum atomic E-state index is 1.06. The molecule has 2 aromatic rings. The maximum Gasteiger partial charge on any atom is 0.0706 e. The van der Waals surface area contributed by atoms with Gasteiger partial charge in [0.05, 0.1) is 11.2 Å². The molecular weight excluding hydrogens is 341 g/mol. The van der Waals surface area contributed by atoms with Crippen LogP contribution in [0.4, 0.5) is 0 Å². The van der Waals surface area contributed by atoms with Crippen LogP contribution < -0.4 is 0 Å². The second kappa shape index (κ2) is 3.53. The maximum absolute atomic E-state index is 4.49. The Morgan fingerprint density at radius 1 is 1.31 bits per heavy atom. The van der Waals surface area contributed by atoms with Gasteiger partial charge in [0.25, 0.3) is 0 Å². The van der Waals surface area contributed by atoms with Gasteiger partial charge >= 0.3 is 0 Å². The van der Waals surface area contributed by atoms with Gasteiger partial charge in [0.2, 0.25) is 0 Å². The Hall–Kier alpha value is -0.160. The van der Waals surface area contributed by atoms with Gasteiger partial charge in [-0.3, -0.25) is 4.98 Å². The first-order valence-corrected chi connectivity index (χ1v) is 5.76. The third-order valence-electron chi connectivity index (χ3n) is 1.91. The molecule has 0 saturated carbocycles. The van der Waals surface area contributed by atoms with Gasteiger partial charge in [-0.1, -0.05) is 15.9 Å². The molecule has 1 heterocycles. The van der Waals surface area contributed by atoms with E-state index in [0.717, 1.165) is 15.7 Å². The summed E-state index contributed by atoms with van der Waals surface area (Å²) in [6.07, 6.45) is 0. The molecule has 13 heavy (non-hydrogen) atoms. The van der Waals surface area contributed by atoms with Crippen molar-refractivity contribution in [2.24, 2.45) is 0 Å². The van der Waals surface area contributed by atoms with E-state index in [1.165, 1.54) is 8.96 Å². The predicted octanol–water partition coefficient (Wildman–Crippen LogP) is 3.91. The molecule has 1 nitrogen and oxygen atoms in total. The lowest BCUT2D eigenvalue weighted by Crippen LogP contribution is -1.87. The Morgan fingerprint density at radius 2 is 2.08 bits per heavy atom. The van der Waals surface area contributed by atoms with E-state index in [9.17, 15) is 0 Å². The summed E-state index contributed by atoms with van der Waals surface area (Å²) in [4.78, 5) is 4.49. The highest BCUT2D eigenvalue weighted by Crippen LogP contribution is 2.21. The fraction of sp³-hybridized carbons (Fsp3) is 0.100. The molecule has 0 amide bonds. The molecule has 0 spiro atoms.